The second kappa shape index (κ2) is 8.23. The zero-order valence-electron chi connectivity index (χ0n) is 14.4. The summed E-state index contributed by atoms with van der Waals surface area (Å²) in [7, 11) is 1.48. The summed E-state index contributed by atoms with van der Waals surface area (Å²) in [6, 6.07) is 8.43. The van der Waals surface area contributed by atoms with E-state index in [1.165, 1.54) is 24.7 Å². The number of nitrogens with zero attached hydrogens (tertiary/aromatic N) is 3. The van der Waals surface area contributed by atoms with Crippen molar-refractivity contribution in [1.29, 1.82) is 0 Å². The Bertz CT molecular complexity index is 1030. The smallest absolute Gasteiger partial charge is 0.353 e. The number of aryl methyl sites for hydroxylation is 1. The molecule has 0 saturated carbocycles. The summed E-state index contributed by atoms with van der Waals surface area (Å²) in [5, 5.41) is 13.2. The van der Waals surface area contributed by atoms with Crippen molar-refractivity contribution in [2.75, 3.05) is 12.5 Å². The average Bonchev–Trinajstić information content (AvgIpc) is 3.20. The summed E-state index contributed by atoms with van der Waals surface area (Å²) in [5.74, 6) is 0.353. The van der Waals surface area contributed by atoms with Crippen LogP contribution in [-0.4, -0.2) is 34.5 Å². The van der Waals surface area contributed by atoms with Crippen molar-refractivity contribution < 1.29 is 14.3 Å². The lowest BCUT2D eigenvalue weighted by atomic mass is 10.2. The van der Waals surface area contributed by atoms with Gasteiger partial charge in [-0.3, -0.25) is 9.78 Å². The van der Waals surface area contributed by atoms with Crippen molar-refractivity contribution in [1.82, 2.24) is 15.2 Å². The van der Waals surface area contributed by atoms with Crippen molar-refractivity contribution in [3.63, 3.8) is 0 Å². The second-order valence-electron chi connectivity index (χ2n) is 5.24. The topological polar surface area (TPSA) is 119 Å². The number of H-pyrrole nitrogens is 1. The van der Waals surface area contributed by atoms with Crippen LogP contribution in [0.15, 0.2) is 45.6 Å². The largest absolute Gasteiger partial charge is 0.493 e. The van der Waals surface area contributed by atoms with Gasteiger partial charge >= 0.3 is 5.97 Å². The van der Waals surface area contributed by atoms with E-state index in [2.05, 4.69) is 25.7 Å². The van der Waals surface area contributed by atoms with Crippen LogP contribution in [0.25, 0.3) is 0 Å². The average molecular weight is 385 g/mol. The van der Waals surface area contributed by atoms with E-state index in [1.807, 2.05) is 0 Å². The molecular formula is C17H15N5O4S. The van der Waals surface area contributed by atoms with Gasteiger partial charge in [-0.2, -0.15) is 5.10 Å². The van der Waals surface area contributed by atoms with E-state index >= 15 is 0 Å². The van der Waals surface area contributed by atoms with Crippen LogP contribution in [0.4, 0.5) is 5.95 Å². The minimum absolute atomic E-state index is 0.121. The molecule has 3 rings (SSSR count). The number of carbonyl (C=O) groups excluding carboxylic acids is 1. The van der Waals surface area contributed by atoms with Gasteiger partial charge in [-0.1, -0.05) is 6.07 Å². The molecule has 2 aromatic heterocycles. The number of hydrogen-bond acceptors (Lipinski definition) is 9. The van der Waals surface area contributed by atoms with Crippen molar-refractivity contribution in [2.45, 2.75) is 6.92 Å². The van der Waals surface area contributed by atoms with Gasteiger partial charge < -0.3 is 9.47 Å². The number of methoxy groups -OCH3 is 1. The normalized spacial score (nSPS) is 10.7. The van der Waals surface area contributed by atoms with Gasteiger partial charge in [0.1, 0.15) is 10.6 Å². The lowest BCUT2D eigenvalue weighted by Gasteiger charge is -2.09. The van der Waals surface area contributed by atoms with Gasteiger partial charge in [0.15, 0.2) is 11.5 Å². The lowest BCUT2D eigenvalue weighted by molar-refractivity contribution is 0.0735. The van der Waals surface area contributed by atoms with Gasteiger partial charge in [-0.25, -0.2) is 10.2 Å². The van der Waals surface area contributed by atoms with Gasteiger partial charge in [0, 0.05) is 0 Å². The standard InChI is InChI=1S/C17H15N5O4S/c1-10-15(23)19-17(22-20-10)21-18-9-11-5-6-12(13(8-11)25-2)26-16(24)14-4-3-7-27-14/h3-9H,1-2H3,(H2,19,21,22,23). The molecule has 2 heterocycles. The van der Waals surface area contributed by atoms with Gasteiger partial charge in [0.2, 0.25) is 5.95 Å². The maximum absolute atomic E-state index is 12.1. The first-order valence-corrected chi connectivity index (χ1v) is 8.61. The van der Waals surface area contributed by atoms with Crippen LogP contribution in [0.3, 0.4) is 0 Å². The zero-order chi connectivity index (χ0) is 19.2. The minimum atomic E-state index is -0.451. The number of benzene rings is 1. The highest BCUT2D eigenvalue weighted by atomic mass is 32.1. The van der Waals surface area contributed by atoms with Gasteiger partial charge in [-0.15, -0.1) is 21.5 Å². The Morgan fingerprint density at radius 2 is 2.15 bits per heavy atom. The predicted octanol–water partition coefficient (Wildman–Crippen LogP) is 2.21. The van der Waals surface area contributed by atoms with E-state index in [4.69, 9.17) is 9.47 Å². The maximum Gasteiger partial charge on any atom is 0.353 e. The highest BCUT2D eigenvalue weighted by Crippen LogP contribution is 2.28. The molecule has 0 unspecified atom stereocenters. The number of aromatic nitrogens is 3. The first-order chi connectivity index (χ1) is 13.1. The number of esters is 1. The molecule has 0 spiro atoms. The third-order valence-corrected chi connectivity index (χ3v) is 4.21. The number of hydrazone groups is 1. The molecule has 1 aromatic carbocycles. The molecule has 0 bridgehead atoms. The van der Waals surface area contributed by atoms with Crippen LogP contribution in [-0.2, 0) is 0 Å². The third kappa shape index (κ3) is 4.55. The molecule has 0 radical (unpaired) electrons. The van der Waals surface area contributed by atoms with E-state index in [0.717, 1.165) is 0 Å². The summed E-state index contributed by atoms with van der Waals surface area (Å²) in [4.78, 5) is 26.5. The van der Waals surface area contributed by atoms with Crippen molar-refractivity contribution in [2.24, 2.45) is 5.10 Å². The summed E-state index contributed by atoms with van der Waals surface area (Å²) in [6.45, 7) is 1.55. The number of carbonyl (C=O) groups is 1. The molecule has 2 N–H and O–H groups in total. The van der Waals surface area contributed by atoms with Gasteiger partial charge in [-0.05, 0) is 42.1 Å². The monoisotopic (exact) mass is 385 g/mol. The van der Waals surface area contributed by atoms with Crippen molar-refractivity contribution in [3.8, 4) is 11.5 Å². The molecule has 0 amide bonds. The fraction of sp³-hybridized carbons (Fsp3) is 0.118. The van der Waals surface area contributed by atoms with Crippen LogP contribution >= 0.6 is 11.3 Å². The molecule has 9 nitrogen and oxygen atoms in total. The Kier molecular flexibility index (Phi) is 5.57. The van der Waals surface area contributed by atoms with Gasteiger partial charge in [0.05, 0.1) is 13.3 Å². The van der Waals surface area contributed by atoms with Crippen molar-refractivity contribution >= 4 is 29.5 Å². The first kappa shape index (κ1) is 18.3. The fourth-order valence-electron chi connectivity index (χ4n) is 2.01. The van der Waals surface area contributed by atoms with E-state index in [-0.39, 0.29) is 17.2 Å². The highest BCUT2D eigenvalue weighted by molar-refractivity contribution is 7.12. The van der Waals surface area contributed by atoms with Gasteiger partial charge in [0.25, 0.3) is 5.56 Å². The van der Waals surface area contributed by atoms with Crippen molar-refractivity contribution in [3.05, 3.63) is 62.2 Å². The molecule has 0 atom stereocenters. The zero-order valence-corrected chi connectivity index (χ0v) is 15.2. The number of rotatable bonds is 6. The molecule has 3 aromatic rings. The number of nitrogens with one attached hydrogen (secondary N) is 2. The lowest BCUT2D eigenvalue weighted by Crippen LogP contribution is -2.15. The Hall–Kier alpha value is -3.53. The van der Waals surface area contributed by atoms with Crippen LogP contribution < -0.4 is 20.5 Å². The van der Waals surface area contributed by atoms with E-state index in [1.54, 1.807) is 42.6 Å². The van der Waals surface area contributed by atoms with E-state index < -0.39 is 5.97 Å². The molecule has 0 aliphatic heterocycles. The molecule has 0 saturated heterocycles. The molecule has 0 aliphatic rings. The maximum atomic E-state index is 12.1. The van der Waals surface area contributed by atoms with Crippen LogP contribution in [0, 0.1) is 6.92 Å². The van der Waals surface area contributed by atoms with Crippen LogP contribution in [0.2, 0.25) is 0 Å². The highest BCUT2D eigenvalue weighted by Gasteiger charge is 2.13. The number of aromatic amines is 1. The number of hydrogen-bond donors (Lipinski definition) is 2. The summed E-state index contributed by atoms with van der Waals surface area (Å²) in [5.41, 5.74) is 3.18. The number of ether oxygens (including phenoxy) is 2. The molecule has 0 aliphatic carbocycles. The Morgan fingerprint density at radius 3 is 2.85 bits per heavy atom. The number of thiophene rings is 1. The fourth-order valence-corrected chi connectivity index (χ4v) is 2.60. The van der Waals surface area contributed by atoms with E-state index in [9.17, 15) is 9.59 Å². The third-order valence-electron chi connectivity index (χ3n) is 3.36. The summed E-state index contributed by atoms with van der Waals surface area (Å²) in [6.07, 6.45) is 1.49. The Labute approximate surface area is 157 Å². The van der Waals surface area contributed by atoms with Crippen LogP contribution in [0.1, 0.15) is 20.9 Å². The molecule has 0 fully saturated rings. The van der Waals surface area contributed by atoms with E-state index in [0.29, 0.717) is 21.9 Å². The quantitative estimate of drug-likeness (QED) is 0.289. The molecule has 138 valence electrons. The van der Waals surface area contributed by atoms with Crippen LogP contribution in [0.5, 0.6) is 11.5 Å². The summed E-state index contributed by atoms with van der Waals surface area (Å²) < 4.78 is 10.6. The Balaban J connectivity index is 1.70. The second-order valence-corrected chi connectivity index (χ2v) is 6.18. The molecular weight excluding hydrogens is 370 g/mol. The first-order valence-electron chi connectivity index (χ1n) is 7.73. The predicted molar refractivity (Wildman–Crippen MR) is 101 cm³/mol. The summed E-state index contributed by atoms with van der Waals surface area (Å²) >= 11 is 1.30. The minimum Gasteiger partial charge on any atom is -0.493 e. The number of anilines is 1. The Morgan fingerprint density at radius 1 is 1.30 bits per heavy atom. The molecule has 27 heavy (non-hydrogen) atoms. The molecule has 10 heteroatoms. The SMILES string of the molecule is COc1cc(C=NNc2nnc(C)c(=O)[nH]2)ccc1OC(=O)c1cccs1.